The first-order chi connectivity index (χ1) is 21.7. The fraction of sp³-hybridized carbons (Fsp3) is 0.343. The Hall–Kier alpha value is -4.70. The number of H-pyrrole nitrogens is 1. The molecule has 0 radical (unpaired) electrons. The fourth-order valence-corrected chi connectivity index (χ4v) is 6.62. The topological polar surface area (TPSA) is 92.0 Å². The van der Waals surface area contributed by atoms with Gasteiger partial charge < -0.3 is 29.9 Å². The summed E-state index contributed by atoms with van der Waals surface area (Å²) >= 11 is 0. The lowest BCUT2D eigenvalue weighted by Crippen LogP contribution is -2.57. The molecule has 45 heavy (non-hydrogen) atoms. The summed E-state index contributed by atoms with van der Waals surface area (Å²) in [4.78, 5) is 50.8. The summed E-state index contributed by atoms with van der Waals surface area (Å²) in [5.41, 5.74) is 6.03. The average Bonchev–Trinajstić information content (AvgIpc) is 3.67. The number of amides is 3. The Morgan fingerprint density at radius 3 is 2.53 bits per heavy atom. The van der Waals surface area contributed by atoms with Gasteiger partial charge in [-0.1, -0.05) is 37.3 Å². The zero-order valence-electron chi connectivity index (χ0n) is 25.9. The summed E-state index contributed by atoms with van der Waals surface area (Å²) in [6, 6.07) is 17.3. The molecule has 0 saturated carbocycles. The van der Waals surface area contributed by atoms with Gasteiger partial charge in [-0.05, 0) is 67.5 Å². The highest BCUT2D eigenvalue weighted by molar-refractivity contribution is 6.02. The third-order valence-electron chi connectivity index (χ3n) is 8.99. The Morgan fingerprint density at radius 1 is 1.00 bits per heavy atom. The number of urea groups is 1. The highest BCUT2D eigenvalue weighted by Gasteiger charge is 2.37. The van der Waals surface area contributed by atoms with E-state index in [0.717, 1.165) is 46.2 Å². The van der Waals surface area contributed by atoms with E-state index in [4.69, 9.17) is 0 Å². The molecule has 0 aliphatic carbocycles. The molecular formula is C35H39FN6O3. The van der Waals surface area contributed by atoms with Gasteiger partial charge in [-0.15, -0.1) is 0 Å². The van der Waals surface area contributed by atoms with Crippen LogP contribution in [0.5, 0.6) is 0 Å². The minimum absolute atomic E-state index is 0.137. The number of aldehydes is 1. The largest absolute Gasteiger partial charge is 0.367 e. The lowest BCUT2D eigenvalue weighted by molar-refractivity contribution is -0.120. The second-order valence-corrected chi connectivity index (χ2v) is 12.2. The molecule has 4 aromatic rings. The van der Waals surface area contributed by atoms with Gasteiger partial charge in [0.15, 0.2) is 6.29 Å². The molecule has 2 aliphatic rings. The number of anilines is 2. The molecular weight excluding hydrogens is 571 g/mol. The SMILES string of the molecule is C[C@@H](c1c[nH]c2ccccc12)[C@@H](NC(=O)N1CCN(c2ccc(F)cc2C=O)CC1)C(=O)N1CCc2ccc(CN(C)C)cc21. The maximum Gasteiger partial charge on any atom is 0.318 e. The number of aromatic amines is 1. The normalized spacial score (nSPS) is 16.2. The van der Waals surface area contributed by atoms with Gasteiger partial charge >= 0.3 is 6.03 Å². The van der Waals surface area contributed by atoms with Crippen LogP contribution in [0.1, 0.15) is 39.9 Å². The molecule has 2 aliphatic heterocycles. The molecule has 0 bridgehead atoms. The zero-order chi connectivity index (χ0) is 31.7. The number of nitrogens with zero attached hydrogens (tertiary/aromatic N) is 4. The highest BCUT2D eigenvalue weighted by Crippen LogP contribution is 2.34. The first-order valence-corrected chi connectivity index (χ1v) is 15.4. The lowest BCUT2D eigenvalue weighted by atomic mass is 9.91. The monoisotopic (exact) mass is 610 g/mol. The first kappa shape index (κ1) is 30.3. The Kier molecular flexibility index (Phi) is 8.58. The Balaban J connectivity index is 1.24. The van der Waals surface area contributed by atoms with E-state index < -0.39 is 11.9 Å². The van der Waals surface area contributed by atoms with E-state index in [1.807, 2.05) is 61.3 Å². The van der Waals surface area contributed by atoms with Crippen LogP contribution in [0.15, 0.2) is 66.9 Å². The standard InChI is InChI=1S/C35H39FN6O3/c1-23(29-20-37-30-7-5-4-6-28(29)30)33(34(44)42-13-12-25-9-8-24(18-32(25)42)21-39(2)3)38-35(45)41-16-14-40(15-17-41)31-11-10-27(36)19-26(31)22-43/h4-11,18-20,22-23,33,37H,12-17,21H2,1-3H3,(H,38,45)/t23-,33+/m0/s1. The van der Waals surface area contributed by atoms with Crippen molar-refractivity contribution in [1.82, 2.24) is 20.1 Å². The van der Waals surface area contributed by atoms with Crippen LogP contribution < -0.4 is 15.1 Å². The number of carbonyl (C=O) groups excluding carboxylic acids is 3. The summed E-state index contributed by atoms with van der Waals surface area (Å²) in [5.74, 6) is -0.918. The summed E-state index contributed by atoms with van der Waals surface area (Å²) in [5, 5.41) is 4.15. The molecule has 0 unspecified atom stereocenters. The number of halogens is 1. The van der Waals surface area contributed by atoms with Gasteiger partial charge in [-0.25, -0.2) is 9.18 Å². The number of fused-ring (bicyclic) bond motifs is 2. The quantitative estimate of drug-likeness (QED) is 0.281. The molecule has 3 heterocycles. The summed E-state index contributed by atoms with van der Waals surface area (Å²) in [6.07, 6.45) is 3.35. The van der Waals surface area contributed by atoms with Crippen molar-refractivity contribution in [3.63, 3.8) is 0 Å². The van der Waals surface area contributed by atoms with E-state index in [2.05, 4.69) is 33.4 Å². The van der Waals surface area contributed by atoms with Crippen molar-refractivity contribution in [2.45, 2.75) is 31.8 Å². The third kappa shape index (κ3) is 6.15. The molecule has 1 saturated heterocycles. The Bertz CT molecular complexity index is 1730. The van der Waals surface area contributed by atoms with Crippen molar-refractivity contribution in [2.24, 2.45) is 0 Å². The number of nitrogens with one attached hydrogen (secondary N) is 2. The molecule has 6 rings (SSSR count). The number of hydrogen-bond acceptors (Lipinski definition) is 5. The number of benzene rings is 3. The van der Waals surface area contributed by atoms with Crippen LogP contribution in [-0.4, -0.2) is 85.9 Å². The van der Waals surface area contributed by atoms with E-state index >= 15 is 0 Å². The number of rotatable bonds is 8. The first-order valence-electron chi connectivity index (χ1n) is 15.4. The van der Waals surface area contributed by atoms with E-state index in [1.165, 1.54) is 12.1 Å². The van der Waals surface area contributed by atoms with Gasteiger partial charge in [0.2, 0.25) is 5.91 Å². The van der Waals surface area contributed by atoms with Crippen molar-refractivity contribution >= 4 is 40.5 Å². The molecule has 234 valence electrons. The van der Waals surface area contributed by atoms with E-state index in [-0.39, 0.29) is 23.4 Å². The van der Waals surface area contributed by atoms with Crippen molar-refractivity contribution in [1.29, 1.82) is 0 Å². The second-order valence-electron chi connectivity index (χ2n) is 12.2. The van der Waals surface area contributed by atoms with E-state index in [1.54, 1.807) is 11.0 Å². The van der Waals surface area contributed by atoms with Crippen LogP contribution in [0.3, 0.4) is 0 Å². The van der Waals surface area contributed by atoms with Crippen LogP contribution in [0.4, 0.5) is 20.6 Å². The molecule has 3 aromatic carbocycles. The highest BCUT2D eigenvalue weighted by atomic mass is 19.1. The second kappa shape index (κ2) is 12.7. The van der Waals surface area contributed by atoms with Gasteiger partial charge in [0.05, 0.1) is 0 Å². The van der Waals surface area contributed by atoms with Gasteiger partial charge in [-0.2, -0.15) is 0 Å². The average molecular weight is 611 g/mol. The molecule has 10 heteroatoms. The van der Waals surface area contributed by atoms with Crippen LogP contribution in [0, 0.1) is 5.82 Å². The number of hydrogen-bond donors (Lipinski definition) is 2. The number of piperazine rings is 1. The smallest absolute Gasteiger partial charge is 0.318 e. The minimum atomic E-state index is -0.808. The summed E-state index contributed by atoms with van der Waals surface area (Å²) < 4.78 is 13.7. The van der Waals surface area contributed by atoms with Crippen LogP contribution in [0.2, 0.25) is 0 Å². The summed E-state index contributed by atoms with van der Waals surface area (Å²) in [6.45, 7) is 5.05. The molecule has 1 aromatic heterocycles. The maximum absolute atomic E-state index is 14.5. The number of carbonyl (C=O) groups is 3. The van der Waals surface area contributed by atoms with Gasteiger partial charge in [0, 0.05) is 79.2 Å². The van der Waals surface area contributed by atoms with Crippen molar-refractivity contribution < 1.29 is 18.8 Å². The van der Waals surface area contributed by atoms with Gasteiger partial charge in [0.25, 0.3) is 0 Å². The van der Waals surface area contributed by atoms with Crippen LogP contribution in [-0.2, 0) is 17.8 Å². The predicted molar refractivity (Wildman–Crippen MR) is 174 cm³/mol. The minimum Gasteiger partial charge on any atom is -0.367 e. The van der Waals surface area contributed by atoms with Crippen molar-refractivity contribution in [2.75, 3.05) is 56.6 Å². The lowest BCUT2D eigenvalue weighted by Gasteiger charge is -2.38. The van der Waals surface area contributed by atoms with Gasteiger partial charge in [0.1, 0.15) is 11.9 Å². The molecule has 3 amide bonds. The van der Waals surface area contributed by atoms with Gasteiger partial charge in [-0.3, -0.25) is 9.59 Å². The maximum atomic E-state index is 14.5. The van der Waals surface area contributed by atoms with Crippen molar-refractivity contribution in [3.05, 3.63) is 94.9 Å². The van der Waals surface area contributed by atoms with E-state index in [9.17, 15) is 18.8 Å². The third-order valence-corrected chi connectivity index (χ3v) is 8.99. The molecule has 9 nitrogen and oxygen atoms in total. The predicted octanol–water partition coefficient (Wildman–Crippen LogP) is 4.77. The number of para-hydroxylation sites is 1. The fourth-order valence-electron chi connectivity index (χ4n) is 6.62. The molecule has 1 fully saturated rings. The molecule has 0 spiro atoms. The molecule has 2 atom stereocenters. The van der Waals surface area contributed by atoms with Crippen molar-refractivity contribution in [3.8, 4) is 0 Å². The van der Waals surface area contributed by atoms with Crippen LogP contribution in [0.25, 0.3) is 10.9 Å². The number of aromatic nitrogens is 1. The molecule has 2 N–H and O–H groups in total. The Labute approximate surface area is 262 Å². The summed E-state index contributed by atoms with van der Waals surface area (Å²) in [7, 11) is 4.04. The Morgan fingerprint density at radius 2 is 1.78 bits per heavy atom. The zero-order valence-corrected chi connectivity index (χ0v) is 25.9. The van der Waals surface area contributed by atoms with E-state index in [0.29, 0.717) is 44.7 Å². The van der Waals surface area contributed by atoms with Crippen LogP contribution >= 0.6 is 0 Å².